The zero-order chi connectivity index (χ0) is 15.9. The number of hydrogen-bond donors (Lipinski definition) is 1. The van der Waals surface area contributed by atoms with Gasteiger partial charge in [-0.25, -0.2) is 17.9 Å². The van der Waals surface area contributed by atoms with Crippen molar-refractivity contribution in [2.24, 2.45) is 0 Å². The molecule has 6 nitrogen and oxygen atoms in total. The summed E-state index contributed by atoms with van der Waals surface area (Å²) < 4.78 is 31.0. The molecular weight excluding hydrogens is 292 g/mol. The summed E-state index contributed by atoms with van der Waals surface area (Å²) in [5.74, 6) is -0.542. The lowest BCUT2D eigenvalue weighted by Gasteiger charge is -2.07. The highest BCUT2D eigenvalue weighted by atomic mass is 32.2. The number of carbonyl (C=O) groups is 1. The minimum absolute atomic E-state index is 0.0249. The van der Waals surface area contributed by atoms with Crippen LogP contribution in [-0.2, 0) is 14.8 Å². The molecule has 0 unspecified atom stereocenters. The summed E-state index contributed by atoms with van der Waals surface area (Å²) in [6, 6.07) is 7.22. The van der Waals surface area contributed by atoms with E-state index in [1.807, 2.05) is 6.07 Å². The van der Waals surface area contributed by atoms with E-state index < -0.39 is 16.0 Å². The van der Waals surface area contributed by atoms with Gasteiger partial charge in [-0.2, -0.15) is 5.26 Å². The molecule has 0 amide bonds. The van der Waals surface area contributed by atoms with Gasteiger partial charge in [0.05, 0.1) is 16.5 Å². The van der Waals surface area contributed by atoms with Gasteiger partial charge in [0.15, 0.2) is 0 Å². The van der Waals surface area contributed by atoms with Crippen molar-refractivity contribution in [3.8, 4) is 6.07 Å². The van der Waals surface area contributed by atoms with Crippen LogP contribution in [0.2, 0.25) is 0 Å². The van der Waals surface area contributed by atoms with E-state index in [9.17, 15) is 13.2 Å². The molecule has 1 aromatic rings. The van der Waals surface area contributed by atoms with Crippen molar-refractivity contribution in [2.75, 3.05) is 13.2 Å². The maximum absolute atomic E-state index is 11.9. The van der Waals surface area contributed by atoms with Gasteiger partial charge in [-0.05, 0) is 36.8 Å². The van der Waals surface area contributed by atoms with Crippen LogP contribution in [0.3, 0.4) is 0 Å². The number of rotatable bonds is 7. The van der Waals surface area contributed by atoms with E-state index in [4.69, 9.17) is 10.00 Å². The number of nitriles is 1. The number of ether oxygens (including phenoxy) is 1. The predicted molar refractivity (Wildman–Crippen MR) is 77.0 cm³/mol. The van der Waals surface area contributed by atoms with Gasteiger partial charge in [-0.3, -0.25) is 0 Å². The van der Waals surface area contributed by atoms with Crippen LogP contribution in [0.4, 0.5) is 0 Å². The quantitative estimate of drug-likeness (QED) is 0.469. The first-order valence-corrected chi connectivity index (χ1v) is 7.63. The Morgan fingerprint density at radius 2 is 2.00 bits per heavy atom. The molecule has 0 aliphatic carbocycles. The number of hydrogen-bond acceptors (Lipinski definition) is 5. The fourth-order valence-electron chi connectivity index (χ4n) is 1.37. The van der Waals surface area contributed by atoms with Crippen LogP contribution in [0.25, 0.3) is 0 Å². The Kier molecular flexibility index (Phi) is 6.09. The summed E-state index contributed by atoms with van der Waals surface area (Å²) in [7, 11) is -3.67. The molecule has 0 bridgehead atoms. The molecule has 21 heavy (non-hydrogen) atoms. The fraction of sp³-hybridized carbons (Fsp3) is 0.286. The first-order valence-electron chi connectivity index (χ1n) is 6.15. The van der Waals surface area contributed by atoms with E-state index in [1.165, 1.54) is 24.3 Å². The molecule has 0 spiro atoms. The standard InChI is InChI=1S/C14H16N2O4S/c1-11(2)10-20-14(17)12-4-6-13(7-5-12)21(18,19)16-9-3-8-15/h4-7,16H,1,3,9-10H2,2H3. The number of benzene rings is 1. The van der Waals surface area contributed by atoms with E-state index in [1.54, 1.807) is 6.92 Å². The van der Waals surface area contributed by atoms with Crippen molar-refractivity contribution >= 4 is 16.0 Å². The lowest BCUT2D eigenvalue weighted by atomic mass is 10.2. The highest BCUT2D eigenvalue weighted by Gasteiger charge is 2.14. The third-order valence-electron chi connectivity index (χ3n) is 2.38. The van der Waals surface area contributed by atoms with Crippen molar-refractivity contribution in [1.82, 2.24) is 4.72 Å². The smallest absolute Gasteiger partial charge is 0.338 e. The summed E-state index contributed by atoms with van der Waals surface area (Å²) in [4.78, 5) is 11.7. The molecule has 0 saturated carbocycles. The highest BCUT2D eigenvalue weighted by molar-refractivity contribution is 7.89. The van der Waals surface area contributed by atoms with E-state index in [-0.39, 0.29) is 30.0 Å². The van der Waals surface area contributed by atoms with Gasteiger partial charge < -0.3 is 4.74 Å². The summed E-state index contributed by atoms with van der Waals surface area (Å²) in [5.41, 5.74) is 0.969. The van der Waals surface area contributed by atoms with Crippen molar-refractivity contribution in [1.29, 1.82) is 5.26 Å². The van der Waals surface area contributed by atoms with E-state index in [0.717, 1.165) is 0 Å². The molecule has 0 aliphatic rings. The molecule has 1 rings (SSSR count). The van der Waals surface area contributed by atoms with Crippen LogP contribution < -0.4 is 4.72 Å². The SMILES string of the molecule is C=C(C)COC(=O)c1ccc(S(=O)(=O)NCCC#N)cc1. The van der Waals surface area contributed by atoms with Crippen molar-refractivity contribution in [3.05, 3.63) is 42.0 Å². The number of sulfonamides is 1. The third-order valence-corrected chi connectivity index (χ3v) is 3.86. The Morgan fingerprint density at radius 1 is 1.38 bits per heavy atom. The second-order valence-electron chi connectivity index (χ2n) is 4.36. The summed E-state index contributed by atoms with van der Waals surface area (Å²) in [5, 5.41) is 8.38. The minimum atomic E-state index is -3.67. The molecule has 0 atom stereocenters. The Labute approximate surface area is 124 Å². The van der Waals surface area contributed by atoms with E-state index >= 15 is 0 Å². The van der Waals surface area contributed by atoms with Crippen LogP contribution >= 0.6 is 0 Å². The fourth-order valence-corrected chi connectivity index (χ4v) is 2.40. The van der Waals surface area contributed by atoms with Crippen molar-refractivity contribution in [3.63, 3.8) is 0 Å². The second kappa shape index (κ2) is 7.57. The maximum Gasteiger partial charge on any atom is 0.338 e. The Morgan fingerprint density at radius 3 is 2.52 bits per heavy atom. The summed E-state index contributed by atoms with van der Waals surface area (Å²) in [6.07, 6.45) is 0.0878. The van der Waals surface area contributed by atoms with Gasteiger partial charge >= 0.3 is 5.97 Å². The number of carbonyl (C=O) groups excluding carboxylic acids is 1. The first kappa shape index (κ1) is 16.9. The molecule has 112 valence electrons. The van der Waals surface area contributed by atoms with E-state index in [2.05, 4.69) is 11.3 Å². The normalized spacial score (nSPS) is 10.7. The number of nitrogens with one attached hydrogen (secondary N) is 1. The van der Waals surface area contributed by atoms with Gasteiger partial charge in [-0.15, -0.1) is 0 Å². The Hall–Kier alpha value is -2.17. The molecule has 1 N–H and O–H groups in total. The molecule has 0 aromatic heterocycles. The zero-order valence-electron chi connectivity index (χ0n) is 11.6. The van der Waals surface area contributed by atoms with Gasteiger partial charge in [-0.1, -0.05) is 6.58 Å². The van der Waals surface area contributed by atoms with Crippen LogP contribution in [0.1, 0.15) is 23.7 Å². The summed E-state index contributed by atoms with van der Waals surface area (Å²) >= 11 is 0. The predicted octanol–water partition coefficient (Wildman–Crippen LogP) is 1.61. The molecule has 0 radical (unpaired) electrons. The lowest BCUT2D eigenvalue weighted by molar-refractivity contribution is 0.0540. The molecule has 0 fully saturated rings. The van der Waals surface area contributed by atoms with Gasteiger partial charge in [0.2, 0.25) is 10.0 Å². The highest BCUT2D eigenvalue weighted by Crippen LogP contribution is 2.11. The van der Waals surface area contributed by atoms with Gasteiger partial charge in [0.1, 0.15) is 6.61 Å². The summed E-state index contributed by atoms with van der Waals surface area (Å²) in [6.45, 7) is 5.51. The van der Waals surface area contributed by atoms with Crippen molar-refractivity contribution < 1.29 is 17.9 Å². The topological polar surface area (TPSA) is 96.3 Å². The number of nitrogens with zero attached hydrogens (tertiary/aromatic N) is 1. The van der Waals surface area contributed by atoms with E-state index in [0.29, 0.717) is 5.57 Å². The average Bonchev–Trinajstić information content (AvgIpc) is 2.45. The third kappa shape index (κ3) is 5.38. The average molecular weight is 308 g/mol. The molecule has 1 aromatic carbocycles. The second-order valence-corrected chi connectivity index (χ2v) is 6.13. The number of esters is 1. The molecule has 0 heterocycles. The largest absolute Gasteiger partial charge is 0.458 e. The Balaban J connectivity index is 2.76. The van der Waals surface area contributed by atoms with Crippen LogP contribution in [0, 0.1) is 11.3 Å². The molecule has 0 aliphatic heterocycles. The van der Waals surface area contributed by atoms with Crippen LogP contribution in [0.15, 0.2) is 41.3 Å². The maximum atomic E-state index is 11.9. The minimum Gasteiger partial charge on any atom is -0.458 e. The van der Waals surface area contributed by atoms with Gasteiger partial charge in [0.25, 0.3) is 0 Å². The van der Waals surface area contributed by atoms with Crippen LogP contribution in [0.5, 0.6) is 0 Å². The zero-order valence-corrected chi connectivity index (χ0v) is 12.4. The van der Waals surface area contributed by atoms with Crippen LogP contribution in [-0.4, -0.2) is 27.5 Å². The van der Waals surface area contributed by atoms with Crippen molar-refractivity contribution in [2.45, 2.75) is 18.2 Å². The Bertz CT molecular complexity index is 657. The molecular formula is C14H16N2O4S. The first-order chi connectivity index (χ1) is 9.86. The monoisotopic (exact) mass is 308 g/mol. The molecule has 0 saturated heterocycles. The lowest BCUT2D eigenvalue weighted by Crippen LogP contribution is -2.24. The molecule has 7 heteroatoms. The van der Waals surface area contributed by atoms with Gasteiger partial charge in [0, 0.05) is 13.0 Å².